The second-order valence-corrected chi connectivity index (χ2v) is 5.58. The largest absolute Gasteiger partial charge is 0.297 e. The van der Waals surface area contributed by atoms with Crippen LogP contribution in [0.15, 0.2) is 27.8 Å². The maximum Gasteiger partial charge on any atom is 0.182 e. The van der Waals surface area contributed by atoms with Crippen LogP contribution >= 0.6 is 27.7 Å². The van der Waals surface area contributed by atoms with Gasteiger partial charge in [0.25, 0.3) is 0 Å². The van der Waals surface area contributed by atoms with Crippen LogP contribution < -0.4 is 10.6 Å². The van der Waals surface area contributed by atoms with Crippen molar-refractivity contribution in [1.29, 1.82) is 5.26 Å². The van der Waals surface area contributed by atoms with Gasteiger partial charge >= 0.3 is 0 Å². The van der Waals surface area contributed by atoms with Crippen molar-refractivity contribution in [2.75, 3.05) is 19.0 Å². The minimum absolute atomic E-state index is 0.522. The lowest BCUT2D eigenvalue weighted by Gasteiger charge is -2.04. The van der Waals surface area contributed by atoms with E-state index in [9.17, 15) is 0 Å². The monoisotopic (exact) mass is 341 g/mol. The fraction of sp³-hybridized carbons (Fsp3) is 0.417. The molecule has 2 N–H and O–H groups in total. The molecule has 19 heavy (non-hydrogen) atoms. The summed E-state index contributed by atoms with van der Waals surface area (Å²) in [5.41, 5.74) is 1.07. The quantitative estimate of drug-likeness (QED) is 0.261. The van der Waals surface area contributed by atoms with Gasteiger partial charge in [-0.2, -0.15) is 17.0 Å². The summed E-state index contributed by atoms with van der Waals surface area (Å²) in [6.45, 7) is 3.16. The van der Waals surface area contributed by atoms with Gasteiger partial charge in [0.15, 0.2) is 6.19 Å². The van der Waals surface area contributed by atoms with Gasteiger partial charge in [0.05, 0.1) is 12.4 Å². The predicted octanol–water partition coefficient (Wildman–Crippen LogP) is 2.11. The van der Waals surface area contributed by atoms with E-state index in [0.29, 0.717) is 12.5 Å². The van der Waals surface area contributed by atoms with E-state index in [1.165, 1.54) is 0 Å². The molecule has 0 amide bonds. The lowest BCUT2D eigenvalue weighted by molar-refractivity contribution is 0.746. The normalized spacial score (nSPS) is 11.1. The number of nitrogens with zero attached hydrogens (tertiary/aromatic N) is 3. The number of aliphatic imine (C=N–C) groups is 1. The zero-order valence-corrected chi connectivity index (χ0v) is 13.1. The molecule has 0 spiro atoms. The van der Waals surface area contributed by atoms with E-state index in [4.69, 9.17) is 5.26 Å². The number of amidine groups is 1. The van der Waals surface area contributed by atoms with Gasteiger partial charge in [-0.1, -0.05) is 0 Å². The first-order valence-electron chi connectivity index (χ1n) is 5.78. The zero-order chi connectivity index (χ0) is 13.9. The van der Waals surface area contributed by atoms with Gasteiger partial charge in [0, 0.05) is 28.7 Å². The van der Waals surface area contributed by atoms with Crippen LogP contribution in [0.25, 0.3) is 0 Å². The fourth-order valence-electron chi connectivity index (χ4n) is 1.21. The lowest BCUT2D eigenvalue weighted by Crippen LogP contribution is -2.21. The number of hydrogen-bond donors (Lipinski definition) is 2. The Morgan fingerprint density at radius 2 is 2.47 bits per heavy atom. The Morgan fingerprint density at radius 3 is 3.21 bits per heavy atom. The van der Waals surface area contributed by atoms with Crippen LogP contribution in [-0.4, -0.2) is 29.8 Å². The SMILES string of the molecule is C/C(=N\CNCCSCc1ncccc1Br)NC#N. The maximum absolute atomic E-state index is 8.36. The van der Waals surface area contributed by atoms with Crippen molar-refractivity contribution in [2.45, 2.75) is 12.7 Å². The highest BCUT2D eigenvalue weighted by Crippen LogP contribution is 2.18. The molecule has 0 bridgehead atoms. The topological polar surface area (TPSA) is 73.1 Å². The number of rotatable bonds is 7. The zero-order valence-electron chi connectivity index (χ0n) is 10.7. The van der Waals surface area contributed by atoms with Crippen LogP contribution in [0.1, 0.15) is 12.6 Å². The minimum Gasteiger partial charge on any atom is -0.297 e. The van der Waals surface area contributed by atoms with Crippen molar-refractivity contribution in [3.8, 4) is 6.19 Å². The fourth-order valence-corrected chi connectivity index (χ4v) is 2.65. The molecule has 1 aromatic rings. The summed E-state index contributed by atoms with van der Waals surface area (Å²) in [6.07, 6.45) is 3.63. The smallest absolute Gasteiger partial charge is 0.182 e. The van der Waals surface area contributed by atoms with Crippen LogP contribution in [0.3, 0.4) is 0 Å². The Labute approximate surface area is 126 Å². The summed E-state index contributed by atoms with van der Waals surface area (Å²) in [5, 5.41) is 14.0. The van der Waals surface area contributed by atoms with E-state index in [2.05, 4.69) is 36.5 Å². The molecule has 0 saturated carbocycles. The third-order valence-electron chi connectivity index (χ3n) is 2.16. The molecule has 0 saturated heterocycles. The third kappa shape index (κ3) is 7.15. The first-order valence-corrected chi connectivity index (χ1v) is 7.73. The Morgan fingerprint density at radius 1 is 1.63 bits per heavy atom. The van der Waals surface area contributed by atoms with Gasteiger partial charge in [0.2, 0.25) is 0 Å². The van der Waals surface area contributed by atoms with Crippen LogP contribution in [0.4, 0.5) is 0 Å². The first kappa shape index (κ1) is 16.0. The van der Waals surface area contributed by atoms with E-state index in [-0.39, 0.29) is 0 Å². The highest BCUT2D eigenvalue weighted by molar-refractivity contribution is 9.10. The van der Waals surface area contributed by atoms with Gasteiger partial charge in [-0.3, -0.25) is 20.6 Å². The van der Waals surface area contributed by atoms with Crippen LogP contribution in [0.5, 0.6) is 0 Å². The molecule has 1 heterocycles. The molecule has 0 aliphatic carbocycles. The number of pyridine rings is 1. The van der Waals surface area contributed by atoms with Crippen molar-refractivity contribution in [3.05, 3.63) is 28.5 Å². The molecule has 1 aromatic heterocycles. The number of nitrogens with one attached hydrogen (secondary N) is 2. The highest BCUT2D eigenvalue weighted by atomic mass is 79.9. The molecular formula is C12H16BrN5S. The molecule has 0 aliphatic rings. The Balaban J connectivity index is 2.08. The van der Waals surface area contributed by atoms with Gasteiger partial charge in [-0.05, 0) is 35.0 Å². The van der Waals surface area contributed by atoms with E-state index in [1.54, 1.807) is 13.1 Å². The molecule has 0 unspecified atom stereocenters. The summed E-state index contributed by atoms with van der Waals surface area (Å²) in [5.74, 6) is 2.50. The third-order valence-corrected chi connectivity index (χ3v) is 3.85. The molecule has 102 valence electrons. The Hall–Kier alpha value is -1.10. The number of nitriles is 1. The van der Waals surface area contributed by atoms with Crippen molar-refractivity contribution in [2.24, 2.45) is 4.99 Å². The highest BCUT2D eigenvalue weighted by Gasteiger charge is 1.99. The molecule has 0 atom stereocenters. The second-order valence-electron chi connectivity index (χ2n) is 3.62. The number of halogens is 1. The van der Waals surface area contributed by atoms with Gasteiger partial charge in [-0.25, -0.2) is 0 Å². The minimum atomic E-state index is 0.522. The van der Waals surface area contributed by atoms with Crippen molar-refractivity contribution in [1.82, 2.24) is 15.6 Å². The van der Waals surface area contributed by atoms with E-state index >= 15 is 0 Å². The maximum atomic E-state index is 8.36. The van der Waals surface area contributed by atoms with Crippen molar-refractivity contribution in [3.63, 3.8) is 0 Å². The molecule has 0 fully saturated rings. The van der Waals surface area contributed by atoms with E-state index < -0.39 is 0 Å². The number of hydrogen-bond acceptors (Lipinski definition) is 5. The molecule has 1 rings (SSSR count). The summed E-state index contributed by atoms with van der Waals surface area (Å²) >= 11 is 5.30. The van der Waals surface area contributed by atoms with Gasteiger partial charge in [-0.15, -0.1) is 0 Å². The second kappa shape index (κ2) is 9.78. The standard InChI is InChI=1S/C12H16BrN5S/c1-10(17-8-14)18-9-15-5-6-19-7-12-11(13)3-2-4-16-12/h2-4,15H,5-7,9H2,1H3,(H,17,18). The van der Waals surface area contributed by atoms with Gasteiger partial charge < -0.3 is 0 Å². The van der Waals surface area contributed by atoms with Crippen LogP contribution in [-0.2, 0) is 5.75 Å². The average Bonchev–Trinajstić information content (AvgIpc) is 2.40. The number of thioether (sulfide) groups is 1. The van der Waals surface area contributed by atoms with Gasteiger partial charge in [0.1, 0.15) is 5.84 Å². The Kier molecular flexibility index (Phi) is 8.21. The lowest BCUT2D eigenvalue weighted by atomic mass is 10.4. The molecule has 0 aromatic carbocycles. The predicted molar refractivity (Wildman–Crippen MR) is 82.8 cm³/mol. The summed E-state index contributed by atoms with van der Waals surface area (Å²) in [4.78, 5) is 8.43. The summed E-state index contributed by atoms with van der Waals surface area (Å²) < 4.78 is 1.05. The average molecular weight is 342 g/mol. The molecule has 7 heteroatoms. The molecule has 0 radical (unpaired) electrons. The van der Waals surface area contributed by atoms with E-state index in [1.807, 2.05) is 30.1 Å². The number of aromatic nitrogens is 1. The first-order chi connectivity index (χ1) is 9.24. The van der Waals surface area contributed by atoms with Crippen LogP contribution in [0.2, 0.25) is 0 Å². The summed E-state index contributed by atoms with van der Waals surface area (Å²) in [7, 11) is 0. The Bertz CT molecular complexity index is 458. The summed E-state index contributed by atoms with van der Waals surface area (Å²) in [6, 6.07) is 3.91. The molecular weight excluding hydrogens is 326 g/mol. The molecule has 0 aliphatic heterocycles. The molecule has 5 nitrogen and oxygen atoms in total. The van der Waals surface area contributed by atoms with Crippen molar-refractivity contribution >= 4 is 33.5 Å². The van der Waals surface area contributed by atoms with E-state index in [0.717, 1.165) is 28.2 Å². The van der Waals surface area contributed by atoms with Crippen molar-refractivity contribution < 1.29 is 0 Å². The van der Waals surface area contributed by atoms with Crippen LogP contribution in [0, 0.1) is 11.5 Å².